The first-order valence-corrected chi connectivity index (χ1v) is 10.8. The summed E-state index contributed by atoms with van der Waals surface area (Å²) in [5.74, 6) is -1.16. The van der Waals surface area contributed by atoms with E-state index >= 15 is 0 Å². The molecule has 0 saturated carbocycles. The van der Waals surface area contributed by atoms with E-state index in [1.54, 1.807) is 17.9 Å². The topological polar surface area (TPSA) is 62.4 Å². The van der Waals surface area contributed by atoms with Crippen molar-refractivity contribution in [1.29, 1.82) is 0 Å². The molecule has 1 aromatic heterocycles. The van der Waals surface area contributed by atoms with Crippen molar-refractivity contribution in [2.45, 2.75) is 32.1 Å². The average Bonchev–Trinajstić information content (AvgIpc) is 3.21. The lowest BCUT2D eigenvalue weighted by molar-refractivity contribution is -0.151. The molecule has 1 saturated heterocycles. The third-order valence-electron chi connectivity index (χ3n) is 6.02. The maximum Gasteiger partial charge on any atom is 0.310 e. The maximum absolute atomic E-state index is 14.0. The number of halogens is 1. The Kier molecular flexibility index (Phi) is 6.35. The number of carbonyl (C=O) groups excluding carboxylic acids is 2. The number of nitrogens with one attached hydrogen (secondary N) is 1. The fourth-order valence-corrected chi connectivity index (χ4v) is 4.47. The summed E-state index contributed by atoms with van der Waals surface area (Å²) in [6, 6.07) is 14.3. The monoisotopic (exact) mass is 422 g/mol. The van der Waals surface area contributed by atoms with E-state index in [-0.39, 0.29) is 36.0 Å². The van der Waals surface area contributed by atoms with Crippen LogP contribution in [0.1, 0.15) is 43.2 Å². The number of rotatable bonds is 6. The number of H-pyrrole nitrogens is 1. The third-order valence-corrected chi connectivity index (χ3v) is 6.02. The molecule has 2 aromatic carbocycles. The Hall–Kier alpha value is -3.15. The summed E-state index contributed by atoms with van der Waals surface area (Å²) in [5.41, 5.74) is 2.71. The van der Waals surface area contributed by atoms with Crippen LogP contribution < -0.4 is 0 Å². The molecule has 162 valence electrons. The number of aromatic nitrogens is 1. The van der Waals surface area contributed by atoms with E-state index in [0.29, 0.717) is 19.7 Å². The Morgan fingerprint density at radius 1 is 1.23 bits per heavy atom. The van der Waals surface area contributed by atoms with Crippen LogP contribution in [0, 0.1) is 11.7 Å². The molecule has 2 heterocycles. The number of esters is 1. The van der Waals surface area contributed by atoms with Gasteiger partial charge in [0, 0.05) is 42.5 Å². The number of ether oxygens (including phenoxy) is 1. The molecule has 1 fully saturated rings. The molecule has 0 radical (unpaired) electrons. The van der Waals surface area contributed by atoms with Gasteiger partial charge >= 0.3 is 5.97 Å². The predicted octanol–water partition coefficient (Wildman–Crippen LogP) is 4.63. The van der Waals surface area contributed by atoms with Gasteiger partial charge < -0.3 is 14.6 Å². The highest BCUT2D eigenvalue weighted by molar-refractivity contribution is 5.86. The number of fused-ring (bicyclic) bond motifs is 1. The summed E-state index contributed by atoms with van der Waals surface area (Å²) >= 11 is 0. The van der Waals surface area contributed by atoms with E-state index in [0.717, 1.165) is 34.9 Å². The molecule has 2 atom stereocenters. The summed E-state index contributed by atoms with van der Waals surface area (Å²) in [5, 5.41) is 1.02. The third kappa shape index (κ3) is 4.63. The van der Waals surface area contributed by atoms with Crippen molar-refractivity contribution in [3.05, 3.63) is 71.7 Å². The number of nitrogens with zero attached hydrogens (tertiary/aromatic N) is 1. The second-order valence-corrected chi connectivity index (χ2v) is 8.03. The number of aromatic amines is 1. The van der Waals surface area contributed by atoms with Crippen molar-refractivity contribution in [2.75, 3.05) is 19.7 Å². The summed E-state index contributed by atoms with van der Waals surface area (Å²) in [4.78, 5) is 30.5. The Morgan fingerprint density at radius 2 is 2.06 bits per heavy atom. The van der Waals surface area contributed by atoms with Crippen LogP contribution in [0.25, 0.3) is 10.9 Å². The minimum Gasteiger partial charge on any atom is -0.466 e. The number of piperidine rings is 1. The molecule has 1 N–H and O–H groups in total. The van der Waals surface area contributed by atoms with Gasteiger partial charge in [0.15, 0.2) is 0 Å². The van der Waals surface area contributed by atoms with Gasteiger partial charge in [-0.1, -0.05) is 30.3 Å². The van der Waals surface area contributed by atoms with Crippen LogP contribution in [0.15, 0.2) is 54.7 Å². The Labute approximate surface area is 181 Å². The molecule has 4 rings (SSSR count). The molecule has 1 aliphatic heterocycles. The van der Waals surface area contributed by atoms with E-state index < -0.39 is 0 Å². The molecule has 0 unspecified atom stereocenters. The van der Waals surface area contributed by atoms with Crippen molar-refractivity contribution in [2.24, 2.45) is 5.92 Å². The van der Waals surface area contributed by atoms with Crippen LogP contribution >= 0.6 is 0 Å². The van der Waals surface area contributed by atoms with Gasteiger partial charge in [0.25, 0.3) is 0 Å². The zero-order chi connectivity index (χ0) is 21.8. The summed E-state index contributed by atoms with van der Waals surface area (Å²) in [7, 11) is 0. The largest absolute Gasteiger partial charge is 0.466 e. The maximum atomic E-state index is 14.0. The van der Waals surface area contributed by atoms with Crippen molar-refractivity contribution >= 4 is 22.8 Å². The van der Waals surface area contributed by atoms with Gasteiger partial charge in [0.2, 0.25) is 5.91 Å². The van der Waals surface area contributed by atoms with Crippen LogP contribution in [-0.4, -0.2) is 41.5 Å². The molecule has 6 heteroatoms. The molecule has 0 spiro atoms. The SMILES string of the molecule is CCOC(=O)[C@H]1CCCN(C(=O)C[C@H](c2cccc(F)c2)c2c[nH]c3ccccc23)C1. The highest BCUT2D eigenvalue weighted by atomic mass is 19.1. The van der Waals surface area contributed by atoms with Crippen molar-refractivity contribution < 1.29 is 18.7 Å². The number of likely N-dealkylation sites (tertiary alicyclic amines) is 1. The molecule has 3 aromatic rings. The van der Waals surface area contributed by atoms with Crippen LogP contribution in [0.4, 0.5) is 4.39 Å². The Bertz CT molecular complexity index is 1080. The Morgan fingerprint density at radius 3 is 2.87 bits per heavy atom. The van der Waals surface area contributed by atoms with E-state index in [2.05, 4.69) is 4.98 Å². The molecule has 1 amide bonds. The van der Waals surface area contributed by atoms with Crippen LogP contribution in [0.5, 0.6) is 0 Å². The van der Waals surface area contributed by atoms with Gasteiger partial charge in [-0.3, -0.25) is 9.59 Å². The highest BCUT2D eigenvalue weighted by Crippen LogP contribution is 2.34. The number of carbonyl (C=O) groups is 2. The molecular weight excluding hydrogens is 395 g/mol. The fourth-order valence-electron chi connectivity index (χ4n) is 4.47. The van der Waals surface area contributed by atoms with E-state index in [1.807, 2.05) is 36.5 Å². The van der Waals surface area contributed by atoms with Crippen LogP contribution in [0.3, 0.4) is 0 Å². The molecule has 0 aliphatic carbocycles. The molecule has 0 bridgehead atoms. The fraction of sp³-hybridized carbons (Fsp3) is 0.360. The predicted molar refractivity (Wildman–Crippen MR) is 117 cm³/mol. The van der Waals surface area contributed by atoms with E-state index in [1.165, 1.54) is 12.1 Å². The van der Waals surface area contributed by atoms with Gasteiger partial charge in [-0.25, -0.2) is 4.39 Å². The van der Waals surface area contributed by atoms with Crippen LogP contribution in [0.2, 0.25) is 0 Å². The van der Waals surface area contributed by atoms with Gasteiger partial charge in [-0.2, -0.15) is 0 Å². The van der Waals surface area contributed by atoms with Gasteiger partial charge in [0.05, 0.1) is 12.5 Å². The lowest BCUT2D eigenvalue weighted by Crippen LogP contribution is -2.43. The summed E-state index contributed by atoms with van der Waals surface area (Å²) in [6.45, 7) is 3.12. The standard InChI is InChI=1S/C25H27FN2O3/c1-2-31-25(30)18-8-6-12-28(16-18)24(29)14-21(17-7-5-9-19(26)13-17)22-15-27-23-11-4-3-10-20(22)23/h3-5,7,9-11,13,15,18,21,27H,2,6,8,12,14,16H2,1H3/t18-,21+/m0/s1. The smallest absolute Gasteiger partial charge is 0.310 e. The zero-order valence-corrected chi connectivity index (χ0v) is 17.6. The number of para-hydroxylation sites is 1. The first-order chi connectivity index (χ1) is 15.1. The Balaban J connectivity index is 1.61. The summed E-state index contributed by atoms with van der Waals surface area (Å²) in [6.07, 6.45) is 3.62. The normalized spacial score (nSPS) is 17.5. The molecular formula is C25H27FN2O3. The quantitative estimate of drug-likeness (QED) is 0.589. The van der Waals surface area contributed by atoms with Crippen molar-refractivity contribution in [3.8, 4) is 0 Å². The van der Waals surface area contributed by atoms with E-state index in [4.69, 9.17) is 4.74 Å². The minimum absolute atomic E-state index is 0.0338. The number of benzene rings is 2. The number of hydrogen-bond acceptors (Lipinski definition) is 3. The molecule has 31 heavy (non-hydrogen) atoms. The van der Waals surface area contributed by atoms with E-state index in [9.17, 15) is 14.0 Å². The molecule has 1 aliphatic rings. The van der Waals surface area contributed by atoms with Gasteiger partial charge in [0.1, 0.15) is 5.82 Å². The average molecular weight is 423 g/mol. The van der Waals surface area contributed by atoms with Gasteiger partial charge in [-0.05, 0) is 49.1 Å². The first-order valence-electron chi connectivity index (χ1n) is 10.8. The molecule has 5 nitrogen and oxygen atoms in total. The number of hydrogen-bond donors (Lipinski definition) is 1. The highest BCUT2D eigenvalue weighted by Gasteiger charge is 2.31. The number of amides is 1. The summed E-state index contributed by atoms with van der Waals surface area (Å²) < 4.78 is 19.2. The zero-order valence-electron chi connectivity index (χ0n) is 17.6. The van der Waals surface area contributed by atoms with Crippen LogP contribution in [-0.2, 0) is 14.3 Å². The lowest BCUT2D eigenvalue weighted by atomic mass is 9.87. The first kappa shape index (κ1) is 21.1. The second kappa shape index (κ2) is 9.33. The lowest BCUT2D eigenvalue weighted by Gasteiger charge is -2.32. The van der Waals surface area contributed by atoms with Gasteiger partial charge in [-0.15, -0.1) is 0 Å². The minimum atomic E-state index is -0.324. The van der Waals surface area contributed by atoms with Crippen molar-refractivity contribution in [1.82, 2.24) is 9.88 Å². The second-order valence-electron chi connectivity index (χ2n) is 8.03. The van der Waals surface area contributed by atoms with Crippen molar-refractivity contribution in [3.63, 3.8) is 0 Å².